The van der Waals surface area contributed by atoms with Gasteiger partial charge in [-0.05, 0) is 53.6 Å². The van der Waals surface area contributed by atoms with Crippen LogP contribution >= 0.6 is 0 Å². The first kappa shape index (κ1) is 33.2. The van der Waals surface area contributed by atoms with E-state index in [9.17, 15) is 0 Å². The minimum absolute atomic E-state index is 0.228. The second-order valence-corrected chi connectivity index (χ2v) is 15.9. The molecule has 2 aliphatic rings. The molecule has 0 aliphatic carbocycles. The van der Waals surface area contributed by atoms with E-state index in [2.05, 4.69) is 205 Å². The van der Waals surface area contributed by atoms with Gasteiger partial charge < -0.3 is 14.5 Å². The van der Waals surface area contributed by atoms with E-state index < -0.39 is 0 Å². The maximum absolute atomic E-state index is 6.87. The number of benzene rings is 6. The predicted octanol–water partition coefficient (Wildman–Crippen LogP) is 13.2. The smallest absolute Gasteiger partial charge is 0.138 e. The summed E-state index contributed by atoms with van der Waals surface area (Å²) < 4.78 is 9.14. The number of anilines is 4. The lowest BCUT2D eigenvalue weighted by molar-refractivity contribution is 0.476. The van der Waals surface area contributed by atoms with Crippen molar-refractivity contribution in [3.05, 3.63) is 176 Å². The van der Waals surface area contributed by atoms with E-state index >= 15 is 0 Å². The summed E-state index contributed by atoms with van der Waals surface area (Å²) in [6, 6.07) is 60.2. The molecule has 0 atom stereocenters. The first-order chi connectivity index (χ1) is 27.9. The summed E-state index contributed by atoms with van der Waals surface area (Å²) in [5, 5.41) is 2.31. The molecule has 0 saturated carbocycles. The van der Waals surface area contributed by atoms with E-state index in [4.69, 9.17) is 14.7 Å². The third kappa shape index (κ3) is 5.40. The number of nitrogens with zero attached hydrogens (tertiary/aromatic N) is 5. The lowest BCUT2D eigenvalue weighted by Crippen LogP contribution is -2.26. The lowest BCUT2D eigenvalue weighted by atomic mass is 9.91. The quantitative estimate of drug-likeness (QED) is 0.168. The van der Waals surface area contributed by atoms with E-state index in [0.717, 1.165) is 101 Å². The first-order valence-electron chi connectivity index (χ1n) is 19.5. The van der Waals surface area contributed by atoms with Gasteiger partial charge in [-0.15, -0.1) is 0 Å². The Kier molecular flexibility index (Phi) is 7.38. The number of rotatable bonds is 1. The van der Waals surface area contributed by atoms with Crippen LogP contribution in [-0.2, 0) is 5.41 Å². The van der Waals surface area contributed by atoms with Gasteiger partial charge in [-0.25, -0.2) is 9.97 Å². The molecule has 2 aliphatic heterocycles. The number of ether oxygens (including phenoxy) is 1. The van der Waals surface area contributed by atoms with Crippen LogP contribution in [0.3, 0.4) is 0 Å². The number of pyridine rings is 2. The van der Waals surface area contributed by atoms with Gasteiger partial charge >= 0.3 is 0 Å². The van der Waals surface area contributed by atoms with Crippen molar-refractivity contribution in [1.29, 1.82) is 0 Å². The molecule has 0 amide bonds. The summed E-state index contributed by atoms with van der Waals surface area (Å²) in [5.41, 5.74) is 12.7. The van der Waals surface area contributed by atoms with Crippen molar-refractivity contribution in [2.45, 2.75) is 26.2 Å². The van der Waals surface area contributed by atoms with E-state index in [1.807, 2.05) is 0 Å². The van der Waals surface area contributed by atoms with Gasteiger partial charge in [0, 0.05) is 51.1 Å². The summed E-state index contributed by atoms with van der Waals surface area (Å²) in [4.78, 5) is 15.6. The minimum atomic E-state index is -0.228. The third-order valence-corrected chi connectivity index (χ3v) is 11.3. The fourth-order valence-electron chi connectivity index (χ4n) is 8.61. The fourth-order valence-corrected chi connectivity index (χ4v) is 8.61. The Morgan fingerprint density at radius 2 is 1.18 bits per heavy atom. The average Bonchev–Trinajstić information content (AvgIpc) is 3.79. The van der Waals surface area contributed by atoms with Gasteiger partial charge in [0.2, 0.25) is 0 Å². The Bertz CT molecular complexity index is 3030. The molecule has 0 unspecified atom stereocenters. The highest BCUT2D eigenvalue weighted by Gasteiger charge is 2.33. The van der Waals surface area contributed by atoms with Crippen LogP contribution in [0.2, 0.25) is 0 Å². The normalized spacial score (nSPS) is 13.2. The zero-order chi connectivity index (χ0) is 38.3. The van der Waals surface area contributed by atoms with E-state index in [1.165, 1.54) is 0 Å². The van der Waals surface area contributed by atoms with Gasteiger partial charge in [0.15, 0.2) is 0 Å². The van der Waals surface area contributed by atoms with E-state index in [1.54, 1.807) is 0 Å². The molecular weight excluding hydrogens is 699 g/mol. The Labute approximate surface area is 331 Å². The Morgan fingerprint density at radius 3 is 2.02 bits per heavy atom. The molecule has 11 rings (SSSR count). The van der Waals surface area contributed by atoms with Gasteiger partial charge in [-0.2, -0.15) is 0 Å². The molecule has 0 saturated heterocycles. The molecule has 0 N–H and O–H groups in total. The summed E-state index contributed by atoms with van der Waals surface area (Å²) in [6.07, 6.45) is 0. The maximum Gasteiger partial charge on any atom is 0.138 e. The van der Waals surface area contributed by atoms with Crippen molar-refractivity contribution in [2.75, 3.05) is 16.5 Å². The van der Waals surface area contributed by atoms with Crippen LogP contribution < -0.4 is 14.5 Å². The van der Waals surface area contributed by atoms with Crippen LogP contribution in [0.1, 0.15) is 26.5 Å². The maximum atomic E-state index is 6.87. The summed E-state index contributed by atoms with van der Waals surface area (Å²) in [6.45, 7) is 7.17. The summed E-state index contributed by atoms with van der Waals surface area (Å²) in [7, 11) is 0. The fraction of sp³-hybridized carbons (Fsp3) is 0.0980. The van der Waals surface area contributed by atoms with Crippen LogP contribution in [0, 0.1) is 0 Å². The van der Waals surface area contributed by atoms with Crippen LogP contribution in [-0.4, -0.2) is 21.2 Å². The molecule has 274 valence electrons. The molecule has 6 aromatic carbocycles. The van der Waals surface area contributed by atoms with Gasteiger partial charge in [0.25, 0.3) is 0 Å². The number of aromatic nitrogens is 3. The highest BCUT2D eigenvalue weighted by molar-refractivity contribution is 6.09. The zero-order valence-electron chi connectivity index (χ0n) is 32.0. The largest absolute Gasteiger partial charge is 0.457 e. The predicted molar refractivity (Wildman–Crippen MR) is 233 cm³/mol. The van der Waals surface area contributed by atoms with E-state index in [-0.39, 0.29) is 5.41 Å². The van der Waals surface area contributed by atoms with Gasteiger partial charge in [0.1, 0.15) is 29.8 Å². The molecule has 6 heteroatoms. The summed E-state index contributed by atoms with van der Waals surface area (Å²) >= 11 is 0. The lowest BCUT2D eigenvalue weighted by Gasteiger charge is -2.28. The second-order valence-electron chi connectivity index (χ2n) is 15.9. The molecule has 3 aromatic heterocycles. The van der Waals surface area contributed by atoms with Crippen LogP contribution in [0.4, 0.5) is 22.9 Å². The van der Waals surface area contributed by atoms with Gasteiger partial charge in [0.05, 0.1) is 39.5 Å². The molecular formula is C51H39N5O. The van der Waals surface area contributed by atoms with Gasteiger partial charge in [-0.3, -0.25) is 4.57 Å². The SMILES string of the molecule is CC(C)(C)c1cc2cc(n1)N1CN(c3ccccc31)c1c(-c3ccccc3)cccc1-c1ccccc1-c1cccc(n1)-n1c3ccccc3c3ccc(cc31)O2. The number of para-hydroxylation sites is 4. The Hall–Kier alpha value is -7.18. The Morgan fingerprint density at radius 1 is 0.491 bits per heavy atom. The molecule has 5 heterocycles. The topological polar surface area (TPSA) is 46.4 Å². The van der Waals surface area contributed by atoms with Crippen molar-refractivity contribution in [1.82, 2.24) is 14.5 Å². The second kappa shape index (κ2) is 12.7. The van der Waals surface area contributed by atoms with Crippen molar-refractivity contribution in [3.63, 3.8) is 0 Å². The van der Waals surface area contributed by atoms with Gasteiger partial charge in [-0.1, -0.05) is 130 Å². The molecule has 9 aromatic rings. The standard InChI is InChI=1S/C51H39N5O/c1-51(2,3)47-30-35-31-49(53-47)54-32-55(45-25-12-11-24-44(45)54)50-36(33-15-5-4-6-16-33)20-13-21-41(50)37-17-7-8-18-38(37)42-22-14-26-48(52-42)56-43-23-10-9-19-39(43)40-28-27-34(57-35)29-46(40)56/h4-31H,32H2,1-3H3. The monoisotopic (exact) mass is 737 g/mol. The molecule has 57 heavy (non-hydrogen) atoms. The molecule has 0 fully saturated rings. The highest BCUT2D eigenvalue weighted by Crippen LogP contribution is 2.51. The molecule has 0 radical (unpaired) electrons. The van der Waals surface area contributed by atoms with Crippen molar-refractivity contribution >= 4 is 44.7 Å². The average molecular weight is 738 g/mol. The first-order valence-corrected chi connectivity index (χ1v) is 19.5. The van der Waals surface area contributed by atoms with Crippen molar-refractivity contribution in [3.8, 4) is 50.8 Å². The molecule has 0 spiro atoms. The number of hydrogen-bond donors (Lipinski definition) is 0. The highest BCUT2D eigenvalue weighted by atomic mass is 16.5. The van der Waals surface area contributed by atoms with Crippen molar-refractivity contribution < 1.29 is 4.74 Å². The Balaban J connectivity index is 1.25. The number of hydrogen-bond acceptors (Lipinski definition) is 5. The third-order valence-electron chi connectivity index (χ3n) is 11.3. The molecule has 6 nitrogen and oxygen atoms in total. The van der Waals surface area contributed by atoms with Crippen LogP contribution in [0.25, 0.3) is 61.1 Å². The summed E-state index contributed by atoms with van der Waals surface area (Å²) in [5.74, 6) is 3.16. The molecule has 8 bridgehead atoms. The zero-order valence-corrected chi connectivity index (χ0v) is 32.0. The van der Waals surface area contributed by atoms with Crippen LogP contribution in [0.15, 0.2) is 170 Å². The van der Waals surface area contributed by atoms with E-state index in [0.29, 0.717) is 6.67 Å². The minimum Gasteiger partial charge on any atom is -0.457 e. The van der Waals surface area contributed by atoms with Crippen LogP contribution in [0.5, 0.6) is 11.5 Å². The van der Waals surface area contributed by atoms with Crippen molar-refractivity contribution in [2.24, 2.45) is 0 Å². The number of fused-ring (bicyclic) bond motifs is 20.